The average Bonchev–Trinajstić information content (AvgIpc) is 2.47. The standard InChI is InChI=1S/C9H11NO4S/c1-5-3-6(9(12)13)8(15-5)10-7(11)4-14-2/h3H,4H2,1-2H3,(H,10,11)(H,12,13). The summed E-state index contributed by atoms with van der Waals surface area (Å²) in [5.41, 5.74) is 0.113. The van der Waals surface area contributed by atoms with E-state index in [1.807, 2.05) is 0 Å². The molecule has 0 saturated heterocycles. The maximum absolute atomic E-state index is 11.2. The van der Waals surface area contributed by atoms with Gasteiger partial charge in [0.05, 0.1) is 5.56 Å². The number of anilines is 1. The van der Waals surface area contributed by atoms with Crippen LogP contribution in [-0.4, -0.2) is 30.7 Å². The summed E-state index contributed by atoms with van der Waals surface area (Å²) in [4.78, 5) is 22.8. The molecule has 0 atom stereocenters. The first-order chi connectivity index (χ1) is 7.04. The molecule has 0 saturated carbocycles. The Morgan fingerprint density at radius 1 is 1.60 bits per heavy atom. The minimum atomic E-state index is -1.05. The highest BCUT2D eigenvalue weighted by atomic mass is 32.1. The molecule has 1 rings (SSSR count). The highest BCUT2D eigenvalue weighted by Gasteiger charge is 2.15. The van der Waals surface area contributed by atoms with Gasteiger partial charge in [-0.3, -0.25) is 4.79 Å². The third-order valence-corrected chi connectivity index (χ3v) is 2.58. The molecule has 2 N–H and O–H groups in total. The zero-order valence-corrected chi connectivity index (χ0v) is 9.18. The van der Waals surface area contributed by atoms with E-state index < -0.39 is 5.97 Å². The van der Waals surface area contributed by atoms with Crippen LogP contribution in [-0.2, 0) is 9.53 Å². The van der Waals surface area contributed by atoms with Gasteiger partial charge in [0.15, 0.2) is 0 Å². The van der Waals surface area contributed by atoms with Crippen LogP contribution in [0.5, 0.6) is 0 Å². The summed E-state index contributed by atoms with van der Waals surface area (Å²) in [6.45, 7) is 1.69. The number of methoxy groups -OCH3 is 1. The first-order valence-electron chi connectivity index (χ1n) is 4.17. The summed E-state index contributed by atoms with van der Waals surface area (Å²) in [5, 5.41) is 11.7. The van der Waals surface area contributed by atoms with E-state index in [2.05, 4.69) is 10.1 Å². The molecule has 0 aromatic carbocycles. The summed E-state index contributed by atoms with van der Waals surface area (Å²) in [6, 6.07) is 1.52. The molecule has 5 nitrogen and oxygen atoms in total. The van der Waals surface area contributed by atoms with Crippen molar-refractivity contribution >= 4 is 28.2 Å². The molecule has 0 fully saturated rings. The van der Waals surface area contributed by atoms with E-state index >= 15 is 0 Å². The zero-order valence-electron chi connectivity index (χ0n) is 8.36. The number of hydrogen-bond donors (Lipinski definition) is 2. The van der Waals surface area contributed by atoms with Gasteiger partial charge < -0.3 is 15.2 Å². The number of hydrogen-bond acceptors (Lipinski definition) is 4. The smallest absolute Gasteiger partial charge is 0.338 e. The number of aromatic carboxylic acids is 1. The summed E-state index contributed by atoms with van der Waals surface area (Å²) < 4.78 is 4.63. The monoisotopic (exact) mass is 229 g/mol. The Morgan fingerprint density at radius 3 is 2.80 bits per heavy atom. The minimum Gasteiger partial charge on any atom is -0.478 e. The predicted molar refractivity (Wildman–Crippen MR) is 56.5 cm³/mol. The Kier molecular flexibility index (Phi) is 3.81. The van der Waals surface area contributed by atoms with Gasteiger partial charge in [-0.2, -0.15) is 0 Å². The molecule has 82 valence electrons. The van der Waals surface area contributed by atoms with Gasteiger partial charge in [-0.25, -0.2) is 4.79 Å². The third kappa shape index (κ3) is 3.03. The van der Waals surface area contributed by atoms with Crippen molar-refractivity contribution < 1.29 is 19.4 Å². The largest absolute Gasteiger partial charge is 0.478 e. The van der Waals surface area contributed by atoms with Crippen LogP contribution >= 0.6 is 11.3 Å². The quantitative estimate of drug-likeness (QED) is 0.816. The molecule has 0 aliphatic carbocycles. The van der Waals surface area contributed by atoms with Crippen molar-refractivity contribution in [3.63, 3.8) is 0 Å². The number of rotatable bonds is 4. The Bertz CT molecular complexity index is 385. The first kappa shape index (κ1) is 11.7. The topological polar surface area (TPSA) is 75.6 Å². The molecule has 0 aliphatic heterocycles. The van der Waals surface area contributed by atoms with E-state index in [4.69, 9.17) is 5.11 Å². The van der Waals surface area contributed by atoms with Crippen molar-refractivity contribution in [2.45, 2.75) is 6.92 Å². The molecule has 0 spiro atoms. The molecule has 1 heterocycles. The molecule has 0 unspecified atom stereocenters. The number of amides is 1. The number of carboxylic acids is 1. The summed E-state index contributed by atoms with van der Waals surface area (Å²) in [7, 11) is 1.40. The Morgan fingerprint density at radius 2 is 2.27 bits per heavy atom. The van der Waals surface area contributed by atoms with Gasteiger partial charge in [0.25, 0.3) is 5.91 Å². The molecule has 1 aromatic rings. The van der Waals surface area contributed by atoms with Crippen molar-refractivity contribution in [1.82, 2.24) is 0 Å². The second-order valence-corrected chi connectivity index (χ2v) is 4.14. The SMILES string of the molecule is COCC(=O)Nc1sc(C)cc1C(=O)O. The highest BCUT2D eigenvalue weighted by molar-refractivity contribution is 7.16. The molecular weight excluding hydrogens is 218 g/mol. The van der Waals surface area contributed by atoms with Gasteiger partial charge in [-0.05, 0) is 13.0 Å². The predicted octanol–water partition coefficient (Wildman–Crippen LogP) is 1.34. The van der Waals surface area contributed by atoms with E-state index in [1.54, 1.807) is 6.92 Å². The maximum Gasteiger partial charge on any atom is 0.338 e. The molecule has 6 heteroatoms. The summed E-state index contributed by atoms with van der Waals surface area (Å²) >= 11 is 1.23. The normalized spacial score (nSPS) is 10.0. The Balaban J connectivity index is 2.84. The van der Waals surface area contributed by atoms with Crippen LogP contribution in [0.25, 0.3) is 0 Å². The van der Waals surface area contributed by atoms with E-state index in [0.717, 1.165) is 4.88 Å². The van der Waals surface area contributed by atoms with Crippen molar-refractivity contribution in [2.24, 2.45) is 0 Å². The van der Waals surface area contributed by atoms with E-state index in [1.165, 1.54) is 24.5 Å². The summed E-state index contributed by atoms with van der Waals surface area (Å²) in [6.07, 6.45) is 0. The molecule has 0 aliphatic rings. The second-order valence-electron chi connectivity index (χ2n) is 2.89. The maximum atomic E-state index is 11.2. The first-order valence-corrected chi connectivity index (χ1v) is 4.98. The molecule has 1 amide bonds. The molecule has 0 bridgehead atoms. The molecule has 0 radical (unpaired) electrons. The fourth-order valence-electron chi connectivity index (χ4n) is 1.06. The number of aryl methyl sites for hydroxylation is 1. The number of carboxylic acid groups (broad SMARTS) is 1. The fraction of sp³-hybridized carbons (Fsp3) is 0.333. The third-order valence-electron chi connectivity index (χ3n) is 1.61. The lowest BCUT2D eigenvalue weighted by atomic mass is 10.3. The van der Waals surface area contributed by atoms with E-state index in [0.29, 0.717) is 5.00 Å². The number of thiophene rings is 1. The van der Waals surface area contributed by atoms with E-state index in [9.17, 15) is 9.59 Å². The van der Waals surface area contributed by atoms with Crippen molar-refractivity contribution in [2.75, 3.05) is 19.0 Å². The van der Waals surface area contributed by atoms with Crippen LogP contribution in [0.2, 0.25) is 0 Å². The molecule has 1 aromatic heterocycles. The van der Waals surface area contributed by atoms with Gasteiger partial charge >= 0.3 is 5.97 Å². The van der Waals surface area contributed by atoms with Crippen LogP contribution in [0, 0.1) is 6.92 Å². The number of nitrogens with one attached hydrogen (secondary N) is 1. The fourth-order valence-corrected chi connectivity index (χ4v) is 1.98. The van der Waals surface area contributed by atoms with Gasteiger partial charge in [0, 0.05) is 12.0 Å². The van der Waals surface area contributed by atoms with Crippen LogP contribution in [0.3, 0.4) is 0 Å². The lowest BCUT2D eigenvalue weighted by Gasteiger charge is -2.02. The zero-order chi connectivity index (χ0) is 11.4. The Hall–Kier alpha value is -1.40. The Labute approximate surface area is 90.7 Å². The van der Waals surface area contributed by atoms with Crippen LogP contribution in [0.4, 0.5) is 5.00 Å². The van der Waals surface area contributed by atoms with Gasteiger partial charge in [-0.15, -0.1) is 11.3 Å². The van der Waals surface area contributed by atoms with Crippen molar-refractivity contribution in [3.05, 3.63) is 16.5 Å². The number of carbonyl (C=O) groups is 2. The number of carbonyl (C=O) groups excluding carboxylic acids is 1. The van der Waals surface area contributed by atoms with Crippen molar-refractivity contribution in [3.8, 4) is 0 Å². The average molecular weight is 229 g/mol. The lowest BCUT2D eigenvalue weighted by molar-refractivity contribution is -0.119. The van der Waals surface area contributed by atoms with E-state index in [-0.39, 0.29) is 18.1 Å². The second kappa shape index (κ2) is 4.90. The van der Waals surface area contributed by atoms with Gasteiger partial charge in [0.2, 0.25) is 0 Å². The summed E-state index contributed by atoms with van der Waals surface area (Å²) in [5.74, 6) is -1.41. The van der Waals surface area contributed by atoms with Crippen LogP contribution in [0.15, 0.2) is 6.07 Å². The van der Waals surface area contributed by atoms with Crippen LogP contribution < -0.4 is 5.32 Å². The highest BCUT2D eigenvalue weighted by Crippen LogP contribution is 2.27. The van der Waals surface area contributed by atoms with Gasteiger partial charge in [-0.1, -0.05) is 0 Å². The lowest BCUT2D eigenvalue weighted by Crippen LogP contribution is -2.17. The van der Waals surface area contributed by atoms with Crippen LogP contribution in [0.1, 0.15) is 15.2 Å². The minimum absolute atomic E-state index is 0.0873. The van der Waals surface area contributed by atoms with Crippen molar-refractivity contribution in [1.29, 1.82) is 0 Å². The number of ether oxygens (including phenoxy) is 1. The molecular formula is C9H11NO4S. The van der Waals surface area contributed by atoms with Gasteiger partial charge in [0.1, 0.15) is 11.6 Å². The molecule has 15 heavy (non-hydrogen) atoms.